The van der Waals surface area contributed by atoms with Gasteiger partial charge in [0.2, 0.25) is 10.0 Å². The molecule has 0 bridgehead atoms. The second kappa shape index (κ2) is 5.75. The molecule has 0 saturated heterocycles. The Morgan fingerprint density at radius 1 is 1.29 bits per heavy atom. The van der Waals surface area contributed by atoms with Gasteiger partial charge in [0.05, 0.1) is 4.90 Å². The molecule has 1 rings (SSSR count). The van der Waals surface area contributed by atoms with E-state index in [0.29, 0.717) is 5.56 Å². The first-order valence-corrected chi connectivity index (χ1v) is 7.99. The predicted octanol–water partition coefficient (Wildman–Crippen LogP) is 1.10. The molecule has 0 amide bonds. The van der Waals surface area contributed by atoms with Crippen LogP contribution in [-0.4, -0.2) is 31.6 Å². The molecule has 7 heteroatoms. The number of hydrogen-bond donors (Lipinski definition) is 3. The molecule has 4 N–H and O–H groups in total. The van der Waals surface area contributed by atoms with Gasteiger partial charge in [-0.1, -0.05) is 39.0 Å². The van der Waals surface area contributed by atoms with Crippen LogP contribution in [0.4, 0.5) is 0 Å². The van der Waals surface area contributed by atoms with E-state index >= 15 is 0 Å². The summed E-state index contributed by atoms with van der Waals surface area (Å²) in [7, 11) is -4.00. The minimum atomic E-state index is -4.00. The molecule has 6 nitrogen and oxygen atoms in total. The van der Waals surface area contributed by atoms with Gasteiger partial charge in [0.15, 0.2) is 0 Å². The van der Waals surface area contributed by atoms with E-state index in [0.717, 1.165) is 0 Å². The summed E-state index contributed by atoms with van der Waals surface area (Å²) in [5, 5.41) is 9.53. The summed E-state index contributed by atoms with van der Waals surface area (Å²) in [6, 6.07) is 6.38. The molecule has 0 fully saturated rings. The zero-order valence-electron chi connectivity index (χ0n) is 12.7. The van der Waals surface area contributed by atoms with Crippen LogP contribution in [0.3, 0.4) is 0 Å². The van der Waals surface area contributed by atoms with E-state index in [4.69, 9.17) is 5.73 Å². The van der Waals surface area contributed by atoms with Gasteiger partial charge in [0.1, 0.15) is 5.54 Å². The first-order valence-electron chi connectivity index (χ1n) is 6.51. The van der Waals surface area contributed by atoms with Gasteiger partial charge in [-0.3, -0.25) is 4.79 Å². The number of carboxylic acids is 1. The predicted molar refractivity (Wildman–Crippen MR) is 80.4 cm³/mol. The average Bonchev–Trinajstić information content (AvgIpc) is 2.34. The van der Waals surface area contributed by atoms with Crippen molar-refractivity contribution in [1.82, 2.24) is 4.72 Å². The van der Waals surface area contributed by atoms with Crippen LogP contribution in [-0.2, 0) is 14.8 Å². The number of nitrogens with one attached hydrogen (secondary N) is 1. The minimum absolute atomic E-state index is 0.0494. The molecule has 21 heavy (non-hydrogen) atoms. The lowest BCUT2D eigenvalue weighted by Crippen LogP contribution is -2.66. The summed E-state index contributed by atoms with van der Waals surface area (Å²) in [4.78, 5) is 11.7. The number of carbonyl (C=O) groups is 1. The maximum absolute atomic E-state index is 12.5. The number of rotatable bonds is 5. The molecule has 118 valence electrons. The highest BCUT2D eigenvalue weighted by atomic mass is 32.2. The SMILES string of the molecule is Cc1ccccc1S(=O)(=O)N[C@@](CN)(C(=O)O)C(C)(C)C. The van der Waals surface area contributed by atoms with E-state index < -0.39 is 26.9 Å². The molecule has 0 aliphatic heterocycles. The third kappa shape index (κ3) is 3.25. The Bertz CT molecular complexity index is 635. The summed E-state index contributed by atoms with van der Waals surface area (Å²) < 4.78 is 27.4. The van der Waals surface area contributed by atoms with Crippen molar-refractivity contribution in [1.29, 1.82) is 0 Å². The van der Waals surface area contributed by atoms with Crippen LogP contribution in [0.15, 0.2) is 29.2 Å². The maximum atomic E-state index is 12.5. The Hall–Kier alpha value is -1.44. The molecule has 0 saturated carbocycles. The van der Waals surface area contributed by atoms with Crippen LogP contribution in [0.5, 0.6) is 0 Å². The summed E-state index contributed by atoms with van der Waals surface area (Å²) in [5.41, 5.74) is 3.46. The lowest BCUT2D eigenvalue weighted by atomic mass is 9.74. The molecular formula is C14H22N2O4S. The molecule has 0 spiro atoms. The van der Waals surface area contributed by atoms with Crippen molar-refractivity contribution in [3.63, 3.8) is 0 Å². The van der Waals surface area contributed by atoms with Crippen molar-refractivity contribution in [3.05, 3.63) is 29.8 Å². The zero-order chi connectivity index (χ0) is 16.5. The highest BCUT2D eigenvalue weighted by Gasteiger charge is 2.50. The molecule has 0 radical (unpaired) electrons. The summed E-state index contributed by atoms with van der Waals surface area (Å²) in [6.45, 7) is 6.20. The third-order valence-corrected chi connectivity index (χ3v) is 5.30. The topological polar surface area (TPSA) is 109 Å². The molecule has 1 atom stereocenters. The molecule has 0 unspecified atom stereocenters. The quantitative estimate of drug-likeness (QED) is 0.754. The fraction of sp³-hybridized carbons (Fsp3) is 0.500. The Kier molecular flexibility index (Phi) is 4.82. The van der Waals surface area contributed by atoms with Gasteiger partial charge in [-0.25, -0.2) is 8.42 Å². The molecular weight excluding hydrogens is 292 g/mol. The lowest BCUT2D eigenvalue weighted by Gasteiger charge is -2.40. The van der Waals surface area contributed by atoms with Gasteiger partial charge in [0, 0.05) is 6.54 Å². The molecule has 0 heterocycles. The van der Waals surface area contributed by atoms with E-state index in [1.54, 1.807) is 45.9 Å². The zero-order valence-corrected chi connectivity index (χ0v) is 13.5. The molecule has 0 aliphatic carbocycles. The van der Waals surface area contributed by atoms with Crippen LogP contribution in [0, 0.1) is 12.3 Å². The number of aliphatic carboxylic acids is 1. The standard InChI is InChI=1S/C14H22N2O4S/c1-10-7-5-6-8-11(10)21(19,20)16-14(9-15,12(17)18)13(2,3)4/h5-8,16H,9,15H2,1-4H3,(H,17,18)/t14-/m0/s1. The van der Waals surface area contributed by atoms with E-state index in [1.165, 1.54) is 6.07 Å². The first-order chi connectivity index (χ1) is 9.48. The van der Waals surface area contributed by atoms with Crippen molar-refractivity contribution >= 4 is 16.0 Å². The van der Waals surface area contributed by atoms with Crippen LogP contribution in [0.25, 0.3) is 0 Å². The van der Waals surface area contributed by atoms with Crippen LogP contribution < -0.4 is 10.5 Å². The van der Waals surface area contributed by atoms with E-state index in [-0.39, 0.29) is 11.4 Å². The van der Waals surface area contributed by atoms with Crippen LogP contribution in [0.2, 0.25) is 0 Å². The van der Waals surface area contributed by atoms with Crippen LogP contribution in [0.1, 0.15) is 26.3 Å². The second-order valence-electron chi connectivity index (χ2n) is 6.04. The highest BCUT2D eigenvalue weighted by molar-refractivity contribution is 7.89. The number of aryl methyl sites for hydroxylation is 1. The van der Waals surface area contributed by atoms with E-state index in [9.17, 15) is 18.3 Å². The van der Waals surface area contributed by atoms with E-state index in [2.05, 4.69) is 4.72 Å². The van der Waals surface area contributed by atoms with Crippen molar-refractivity contribution in [2.45, 2.75) is 38.1 Å². The largest absolute Gasteiger partial charge is 0.480 e. The van der Waals surface area contributed by atoms with E-state index in [1.807, 2.05) is 0 Å². The molecule has 1 aromatic carbocycles. The van der Waals surface area contributed by atoms with Crippen molar-refractivity contribution < 1.29 is 18.3 Å². The Balaban J connectivity index is 3.40. The van der Waals surface area contributed by atoms with Gasteiger partial charge in [-0.2, -0.15) is 4.72 Å². The van der Waals surface area contributed by atoms with Gasteiger partial charge in [-0.15, -0.1) is 0 Å². The Labute approximate surface area is 125 Å². The number of benzene rings is 1. The van der Waals surface area contributed by atoms with Gasteiger partial charge in [-0.05, 0) is 24.0 Å². The fourth-order valence-corrected chi connectivity index (χ4v) is 3.89. The third-order valence-electron chi connectivity index (χ3n) is 3.64. The number of hydrogen-bond acceptors (Lipinski definition) is 4. The number of carboxylic acid groups (broad SMARTS) is 1. The minimum Gasteiger partial charge on any atom is -0.480 e. The van der Waals surface area contributed by atoms with Crippen molar-refractivity contribution in [2.75, 3.05) is 6.54 Å². The smallest absolute Gasteiger partial charge is 0.326 e. The van der Waals surface area contributed by atoms with Gasteiger partial charge < -0.3 is 10.8 Å². The Morgan fingerprint density at radius 3 is 2.19 bits per heavy atom. The average molecular weight is 314 g/mol. The summed E-state index contributed by atoms with van der Waals surface area (Å²) in [6.07, 6.45) is 0. The molecule has 1 aromatic rings. The molecule has 0 aromatic heterocycles. The summed E-state index contributed by atoms with van der Waals surface area (Å²) >= 11 is 0. The van der Waals surface area contributed by atoms with Crippen molar-refractivity contribution in [3.8, 4) is 0 Å². The number of nitrogens with two attached hydrogens (primary N) is 1. The maximum Gasteiger partial charge on any atom is 0.326 e. The van der Waals surface area contributed by atoms with Gasteiger partial charge >= 0.3 is 5.97 Å². The second-order valence-corrected chi connectivity index (χ2v) is 7.69. The molecule has 0 aliphatic rings. The highest BCUT2D eigenvalue weighted by Crippen LogP contribution is 2.32. The normalized spacial score (nSPS) is 15.5. The van der Waals surface area contributed by atoms with Gasteiger partial charge in [0.25, 0.3) is 0 Å². The van der Waals surface area contributed by atoms with Crippen LogP contribution >= 0.6 is 0 Å². The Morgan fingerprint density at radius 2 is 1.81 bits per heavy atom. The monoisotopic (exact) mass is 314 g/mol. The number of sulfonamides is 1. The summed E-state index contributed by atoms with van der Waals surface area (Å²) in [5.74, 6) is -1.30. The van der Waals surface area contributed by atoms with Crippen molar-refractivity contribution in [2.24, 2.45) is 11.1 Å². The first kappa shape index (κ1) is 17.6. The fourth-order valence-electron chi connectivity index (χ4n) is 2.10. The lowest BCUT2D eigenvalue weighted by molar-refractivity contribution is -0.148.